The number of carbonyl (C=O) groups excluding carboxylic acids is 3. The summed E-state index contributed by atoms with van der Waals surface area (Å²) in [5, 5.41) is 12.4. The molecular weight excluding hydrogens is 597 g/mol. The van der Waals surface area contributed by atoms with Crippen LogP contribution in [-0.4, -0.2) is 55.3 Å². The van der Waals surface area contributed by atoms with Crippen molar-refractivity contribution in [1.82, 2.24) is 0 Å². The average molecular weight is 619 g/mol. The second-order valence-corrected chi connectivity index (χ2v) is 8.70. The summed E-state index contributed by atoms with van der Waals surface area (Å²) in [7, 11) is 2.80. The Bertz CT molecular complexity index is 1310. The first-order valence-electron chi connectivity index (χ1n) is 10.7. The Morgan fingerprint density at radius 1 is 0.757 bits per heavy atom. The SMILES string of the molecule is COc1cccc(C(=O)O[C@H](C(=O)O)[C@H](OC(=O)c2cccc(OC)c2)C(=O)Nc2cccc(I)c2)c1. The van der Waals surface area contributed by atoms with Crippen LogP contribution in [-0.2, 0) is 19.1 Å². The predicted molar refractivity (Wildman–Crippen MR) is 140 cm³/mol. The molecule has 3 aromatic rings. The topological polar surface area (TPSA) is 137 Å². The van der Waals surface area contributed by atoms with Crippen molar-refractivity contribution in [1.29, 1.82) is 0 Å². The highest BCUT2D eigenvalue weighted by molar-refractivity contribution is 14.1. The fraction of sp³-hybridized carbons (Fsp3) is 0.154. The molecule has 3 rings (SSSR count). The third-order valence-corrected chi connectivity index (χ3v) is 5.62. The molecule has 10 nitrogen and oxygen atoms in total. The van der Waals surface area contributed by atoms with Crippen molar-refractivity contribution in [2.75, 3.05) is 19.5 Å². The molecule has 2 atom stereocenters. The zero-order valence-electron chi connectivity index (χ0n) is 19.7. The molecule has 3 aromatic carbocycles. The van der Waals surface area contributed by atoms with Crippen molar-refractivity contribution in [2.24, 2.45) is 0 Å². The maximum Gasteiger partial charge on any atom is 0.349 e. The molecule has 37 heavy (non-hydrogen) atoms. The fourth-order valence-corrected chi connectivity index (χ4v) is 3.68. The van der Waals surface area contributed by atoms with E-state index in [0.29, 0.717) is 17.2 Å². The summed E-state index contributed by atoms with van der Waals surface area (Å²) < 4.78 is 21.4. The van der Waals surface area contributed by atoms with E-state index in [4.69, 9.17) is 18.9 Å². The summed E-state index contributed by atoms with van der Waals surface area (Å²) in [6.07, 6.45) is -4.21. The van der Waals surface area contributed by atoms with Crippen LogP contribution in [0.1, 0.15) is 20.7 Å². The molecule has 0 fully saturated rings. The van der Waals surface area contributed by atoms with Crippen molar-refractivity contribution in [3.8, 4) is 11.5 Å². The van der Waals surface area contributed by atoms with Crippen molar-refractivity contribution < 1.29 is 43.2 Å². The summed E-state index contributed by atoms with van der Waals surface area (Å²) in [5.74, 6) is -4.12. The van der Waals surface area contributed by atoms with Crippen LogP contribution in [0.25, 0.3) is 0 Å². The van der Waals surface area contributed by atoms with Gasteiger partial charge in [-0.1, -0.05) is 18.2 Å². The number of aliphatic carboxylic acids is 1. The minimum absolute atomic E-state index is 0.00493. The van der Waals surface area contributed by atoms with Gasteiger partial charge >= 0.3 is 17.9 Å². The Hall–Kier alpha value is -4.13. The Morgan fingerprint density at radius 2 is 1.27 bits per heavy atom. The number of hydrogen-bond acceptors (Lipinski definition) is 8. The lowest BCUT2D eigenvalue weighted by Crippen LogP contribution is -2.48. The lowest BCUT2D eigenvalue weighted by atomic mass is 10.1. The van der Waals surface area contributed by atoms with Gasteiger partial charge < -0.3 is 29.4 Å². The first kappa shape index (κ1) is 27.5. The van der Waals surface area contributed by atoms with Crippen LogP contribution in [0.2, 0.25) is 0 Å². The minimum atomic E-state index is -2.17. The van der Waals surface area contributed by atoms with Crippen molar-refractivity contribution in [3.63, 3.8) is 0 Å². The second-order valence-electron chi connectivity index (χ2n) is 7.45. The summed E-state index contributed by atoms with van der Waals surface area (Å²) in [5.41, 5.74) is 0.291. The zero-order valence-corrected chi connectivity index (χ0v) is 21.8. The number of benzene rings is 3. The molecule has 0 unspecified atom stereocenters. The molecule has 0 radical (unpaired) electrons. The van der Waals surface area contributed by atoms with Crippen LogP contribution in [0.5, 0.6) is 11.5 Å². The van der Waals surface area contributed by atoms with Gasteiger partial charge in [-0.25, -0.2) is 14.4 Å². The largest absolute Gasteiger partial charge is 0.497 e. The Labute approximate surface area is 225 Å². The number of amides is 1. The molecule has 0 aliphatic heterocycles. The van der Waals surface area contributed by atoms with Gasteiger partial charge in [-0.15, -0.1) is 0 Å². The number of hydrogen-bond donors (Lipinski definition) is 2. The molecule has 192 valence electrons. The molecule has 0 saturated heterocycles. The maximum absolute atomic E-state index is 13.2. The van der Waals surface area contributed by atoms with Crippen molar-refractivity contribution in [2.45, 2.75) is 12.2 Å². The standard InChI is InChI=1S/C26H22INO9/c1-34-19-10-3-6-15(12-19)25(32)36-21(23(29)28-18-9-5-8-17(27)14-18)22(24(30)31)37-26(33)16-7-4-11-20(13-16)35-2/h3-14,21-22H,1-2H3,(H,28,29)(H,30,31)/t21-,22-/m0/s1. The molecule has 0 aliphatic carbocycles. The van der Waals surface area contributed by atoms with Gasteiger partial charge in [0.15, 0.2) is 0 Å². The van der Waals surface area contributed by atoms with Crippen LogP contribution in [0.4, 0.5) is 5.69 Å². The lowest BCUT2D eigenvalue weighted by Gasteiger charge is -2.23. The van der Waals surface area contributed by atoms with Crippen LogP contribution < -0.4 is 14.8 Å². The van der Waals surface area contributed by atoms with E-state index in [1.807, 2.05) is 22.6 Å². The number of carboxylic acids is 1. The first-order valence-corrected chi connectivity index (χ1v) is 11.8. The van der Waals surface area contributed by atoms with E-state index in [9.17, 15) is 24.3 Å². The highest BCUT2D eigenvalue weighted by atomic mass is 127. The molecule has 2 N–H and O–H groups in total. The number of anilines is 1. The highest BCUT2D eigenvalue weighted by Crippen LogP contribution is 2.20. The number of carboxylic acid groups (broad SMARTS) is 1. The van der Waals surface area contributed by atoms with E-state index in [1.165, 1.54) is 50.6 Å². The van der Waals surface area contributed by atoms with Gasteiger partial charge in [0, 0.05) is 9.26 Å². The highest BCUT2D eigenvalue weighted by Gasteiger charge is 2.41. The van der Waals surface area contributed by atoms with E-state index >= 15 is 0 Å². The van der Waals surface area contributed by atoms with Gasteiger partial charge in [-0.05, 0) is 77.2 Å². The molecule has 11 heteroatoms. The number of halogens is 1. The van der Waals surface area contributed by atoms with Crippen molar-refractivity contribution in [3.05, 3.63) is 87.5 Å². The summed E-state index contributed by atoms with van der Waals surface area (Å²) in [6.45, 7) is 0. The van der Waals surface area contributed by atoms with Gasteiger partial charge in [0.05, 0.1) is 25.3 Å². The zero-order chi connectivity index (χ0) is 26.9. The second kappa shape index (κ2) is 12.7. The van der Waals surface area contributed by atoms with Gasteiger partial charge in [0.25, 0.3) is 5.91 Å². The molecule has 0 aromatic heterocycles. The maximum atomic E-state index is 13.2. The third kappa shape index (κ3) is 7.43. The van der Waals surface area contributed by atoms with E-state index < -0.39 is 36.0 Å². The Balaban J connectivity index is 1.93. The average Bonchev–Trinajstić information content (AvgIpc) is 2.90. The van der Waals surface area contributed by atoms with E-state index in [1.54, 1.807) is 36.4 Å². The van der Waals surface area contributed by atoms with Gasteiger partial charge in [0.2, 0.25) is 12.2 Å². The number of carbonyl (C=O) groups is 4. The molecular formula is C26H22INO9. The smallest absolute Gasteiger partial charge is 0.349 e. The Kier molecular flexibility index (Phi) is 9.44. The van der Waals surface area contributed by atoms with Crippen LogP contribution >= 0.6 is 22.6 Å². The molecule has 0 spiro atoms. The van der Waals surface area contributed by atoms with E-state index in [2.05, 4.69) is 5.32 Å². The quantitative estimate of drug-likeness (QED) is 0.257. The van der Waals surface area contributed by atoms with Crippen LogP contribution in [0, 0.1) is 3.57 Å². The molecule has 1 amide bonds. The van der Waals surface area contributed by atoms with Crippen molar-refractivity contribution >= 4 is 52.1 Å². The number of rotatable bonds is 10. The molecule has 0 aliphatic rings. The monoisotopic (exact) mass is 619 g/mol. The van der Waals surface area contributed by atoms with Gasteiger partial charge in [0.1, 0.15) is 11.5 Å². The lowest BCUT2D eigenvalue weighted by molar-refractivity contribution is -0.157. The summed E-state index contributed by atoms with van der Waals surface area (Å²) in [4.78, 5) is 51.0. The molecule has 0 bridgehead atoms. The minimum Gasteiger partial charge on any atom is -0.497 e. The molecule has 0 saturated carbocycles. The normalized spacial score (nSPS) is 12.0. The molecule has 0 heterocycles. The first-order chi connectivity index (χ1) is 17.7. The summed E-state index contributed by atoms with van der Waals surface area (Å²) >= 11 is 2.03. The fourth-order valence-electron chi connectivity index (χ4n) is 3.14. The number of nitrogens with one attached hydrogen (secondary N) is 1. The number of methoxy groups -OCH3 is 2. The predicted octanol–water partition coefficient (Wildman–Crippen LogP) is 3.78. The van der Waals surface area contributed by atoms with Crippen LogP contribution in [0.3, 0.4) is 0 Å². The Morgan fingerprint density at radius 3 is 1.76 bits per heavy atom. The third-order valence-electron chi connectivity index (χ3n) is 4.95. The van der Waals surface area contributed by atoms with E-state index in [-0.39, 0.29) is 11.1 Å². The van der Waals surface area contributed by atoms with E-state index in [0.717, 1.165) is 3.57 Å². The van der Waals surface area contributed by atoms with Crippen LogP contribution in [0.15, 0.2) is 72.8 Å². The number of esters is 2. The van der Waals surface area contributed by atoms with Gasteiger partial charge in [-0.3, -0.25) is 4.79 Å². The summed E-state index contributed by atoms with van der Waals surface area (Å²) in [6, 6.07) is 18.3. The van der Waals surface area contributed by atoms with Gasteiger partial charge in [-0.2, -0.15) is 0 Å². The number of ether oxygens (including phenoxy) is 4.